The van der Waals surface area contributed by atoms with Crippen molar-refractivity contribution in [3.05, 3.63) is 41.2 Å². The lowest BCUT2D eigenvalue weighted by Crippen LogP contribution is -2.50. The Bertz CT molecular complexity index is 936. The third-order valence-corrected chi connectivity index (χ3v) is 6.43. The second kappa shape index (κ2) is 9.58. The third-order valence-electron chi connectivity index (χ3n) is 6.43. The minimum Gasteiger partial charge on any atom is -0.501 e. The van der Waals surface area contributed by atoms with Crippen LogP contribution in [0.1, 0.15) is 50.0 Å². The molecule has 0 radical (unpaired) electrons. The van der Waals surface area contributed by atoms with E-state index in [0.29, 0.717) is 19.0 Å². The number of hydrogen-bond donors (Lipinski definition) is 1. The Balaban J connectivity index is 1.39. The molecule has 1 aromatic rings. The zero-order valence-electron chi connectivity index (χ0n) is 19.0. The first-order chi connectivity index (χ1) is 15.5. The van der Waals surface area contributed by atoms with Gasteiger partial charge in [-0.25, -0.2) is 19.6 Å². The lowest BCUT2D eigenvalue weighted by atomic mass is 9.91. The molecule has 32 heavy (non-hydrogen) atoms. The number of piperidine rings is 1. The van der Waals surface area contributed by atoms with Crippen LogP contribution in [-0.4, -0.2) is 66.3 Å². The van der Waals surface area contributed by atoms with Crippen molar-refractivity contribution in [1.29, 1.82) is 0 Å². The molecular formula is C23H31N5O4. The van der Waals surface area contributed by atoms with Gasteiger partial charge in [0, 0.05) is 49.8 Å². The van der Waals surface area contributed by atoms with Gasteiger partial charge in [-0.2, -0.15) is 0 Å². The molecule has 1 atom stereocenters. The molecule has 1 aliphatic carbocycles. The number of amides is 2. The number of methoxy groups -OCH3 is 1. The molecule has 172 valence electrons. The van der Waals surface area contributed by atoms with E-state index in [1.165, 1.54) is 11.9 Å². The first kappa shape index (κ1) is 22.1. The van der Waals surface area contributed by atoms with Crippen LogP contribution in [-0.2, 0) is 9.47 Å². The molecule has 3 heterocycles. The summed E-state index contributed by atoms with van der Waals surface area (Å²) >= 11 is 0. The number of hydrogen-bond acceptors (Lipinski definition) is 7. The van der Waals surface area contributed by atoms with Crippen LogP contribution in [0.2, 0.25) is 0 Å². The summed E-state index contributed by atoms with van der Waals surface area (Å²) in [6.07, 6.45) is 6.78. The minimum absolute atomic E-state index is 0.0128. The predicted molar refractivity (Wildman–Crippen MR) is 119 cm³/mol. The molecule has 0 bridgehead atoms. The molecule has 9 heteroatoms. The van der Waals surface area contributed by atoms with E-state index in [1.807, 2.05) is 4.90 Å². The highest BCUT2D eigenvalue weighted by Crippen LogP contribution is 2.32. The summed E-state index contributed by atoms with van der Waals surface area (Å²) in [5.41, 5.74) is 2.46. The maximum absolute atomic E-state index is 13.0. The number of ether oxygens (including phenoxy) is 2. The largest absolute Gasteiger partial charge is 0.501 e. The smallest absolute Gasteiger partial charge is 0.357 e. The van der Waals surface area contributed by atoms with Gasteiger partial charge >= 0.3 is 12.0 Å². The van der Waals surface area contributed by atoms with E-state index in [-0.39, 0.29) is 23.7 Å². The van der Waals surface area contributed by atoms with Crippen LogP contribution < -0.4 is 10.2 Å². The Morgan fingerprint density at radius 3 is 2.75 bits per heavy atom. The fourth-order valence-corrected chi connectivity index (χ4v) is 4.73. The summed E-state index contributed by atoms with van der Waals surface area (Å²) in [6.45, 7) is 6.40. The normalized spacial score (nSPS) is 22.0. The van der Waals surface area contributed by atoms with Gasteiger partial charge in [0.15, 0.2) is 5.69 Å². The Morgan fingerprint density at radius 2 is 2.03 bits per heavy atom. The van der Waals surface area contributed by atoms with Crippen LogP contribution in [0.15, 0.2) is 35.5 Å². The molecule has 1 saturated heterocycles. The van der Waals surface area contributed by atoms with E-state index in [0.717, 1.165) is 50.2 Å². The van der Waals surface area contributed by atoms with E-state index in [2.05, 4.69) is 33.2 Å². The van der Waals surface area contributed by atoms with Gasteiger partial charge in [-0.3, -0.25) is 0 Å². The fourth-order valence-electron chi connectivity index (χ4n) is 4.73. The summed E-state index contributed by atoms with van der Waals surface area (Å²) in [6, 6.07) is 1.83. The van der Waals surface area contributed by atoms with Crippen LogP contribution in [0.25, 0.3) is 0 Å². The summed E-state index contributed by atoms with van der Waals surface area (Å²) < 4.78 is 10.5. The molecule has 1 unspecified atom stereocenters. The molecule has 4 rings (SSSR count). The van der Waals surface area contributed by atoms with Crippen LogP contribution in [0.3, 0.4) is 0 Å². The monoisotopic (exact) mass is 441 g/mol. The van der Waals surface area contributed by atoms with E-state index in [9.17, 15) is 9.59 Å². The SMILES string of the molecule is CCOC(=O)c1cc(N2CCC(N3CCC4=C(NC3=O)C(C)CC(OC)=C4)CC2)ncn1. The Morgan fingerprint density at radius 1 is 1.25 bits per heavy atom. The number of allylic oxidation sites excluding steroid dienone is 3. The second-order valence-corrected chi connectivity index (χ2v) is 8.43. The van der Waals surface area contributed by atoms with Crippen LogP contribution in [0, 0.1) is 5.92 Å². The van der Waals surface area contributed by atoms with Crippen molar-refractivity contribution >= 4 is 17.8 Å². The molecular weight excluding hydrogens is 410 g/mol. The molecule has 9 nitrogen and oxygen atoms in total. The number of nitrogens with one attached hydrogen (secondary N) is 1. The van der Waals surface area contributed by atoms with Gasteiger partial charge in [-0.15, -0.1) is 0 Å². The predicted octanol–water partition coefficient (Wildman–Crippen LogP) is 2.86. The standard InChI is InChI=1S/C23H31N5O4/c1-4-32-22(29)19-13-20(25-14-24-19)27-8-6-17(7-9-27)28-10-5-16-12-18(31-3)11-15(2)21(16)26-23(28)30/h12-15,17H,4-11H2,1-3H3,(H,26,30). The molecule has 2 aliphatic heterocycles. The average Bonchev–Trinajstić information content (AvgIpc) is 2.98. The van der Waals surface area contributed by atoms with E-state index < -0.39 is 5.97 Å². The number of carbonyl (C=O) groups is 2. The van der Waals surface area contributed by atoms with Crippen molar-refractivity contribution < 1.29 is 19.1 Å². The zero-order valence-corrected chi connectivity index (χ0v) is 19.0. The van der Waals surface area contributed by atoms with Crippen molar-refractivity contribution in [2.45, 2.75) is 45.6 Å². The number of esters is 1. The minimum atomic E-state index is -0.441. The summed E-state index contributed by atoms with van der Waals surface area (Å²) in [7, 11) is 1.70. The van der Waals surface area contributed by atoms with E-state index in [4.69, 9.17) is 9.47 Å². The lowest BCUT2D eigenvalue weighted by molar-refractivity contribution is 0.0519. The molecule has 1 N–H and O–H groups in total. The first-order valence-corrected chi connectivity index (χ1v) is 11.3. The van der Waals surface area contributed by atoms with Gasteiger partial charge in [0.05, 0.1) is 19.5 Å². The molecule has 0 saturated carbocycles. The molecule has 1 aromatic heterocycles. The first-order valence-electron chi connectivity index (χ1n) is 11.3. The van der Waals surface area contributed by atoms with Gasteiger partial charge in [-0.1, -0.05) is 6.92 Å². The van der Waals surface area contributed by atoms with Crippen molar-refractivity contribution in [1.82, 2.24) is 20.2 Å². The summed E-state index contributed by atoms with van der Waals surface area (Å²) in [5.74, 6) is 1.48. The van der Waals surface area contributed by atoms with Crippen molar-refractivity contribution in [2.75, 3.05) is 38.3 Å². The molecule has 0 spiro atoms. The molecule has 3 aliphatic rings. The molecule has 2 amide bonds. The average molecular weight is 442 g/mol. The highest BCUT2D eigenvalue weighted by Gasteiger charge is 2.33. The van der Waals surface area contributed by atoms with Gasteiger partial charge in [0.1, 0.15) is 12.1 Å². The van der Waals surface area contributed by atoms with Gasteiger partial charge in [0.2, 0.25) is 0 Å². The van der Waals surface area contributed by atoms with Crippen molar-refractivity contribution in [3.63, 3.8) is 0 Å². The Kier molecular flexibility index (Phi) is 6.62. The van der Waals surface area contributed by atoms with Crippen LogP contribution in [0.4, 0.5) is 10.6 Å². The van der Waals surface area contributed by atoms with Crippen molar-refractivity contribution in [3.8, 4) is 0 Å². The van der Waals surface area contributed by atoms with E-state index >= 15 is 0 Å². The van der Waals surface area contributed by atoms with Gasteiger partial charge < -0.3 is 24.6 Å². The zero-order chi connectivity index (χ0) is 22.7. The number of urea groups is 1. The topological polar surface area (TPSA) is 96.9 Å². The van der Waals surface area contributed by atoms with Crippen LogP contribution in [0.5, 0.6) is 0 Å². The van der Waals surface area contributed by atoms with Crippen molar-refractivity contribution in [2.24, 2.45) is 5.92 Å². The Labute approximate surface area is 188 Å². The van der Waals surface area contributed by atoms with Crippen LogP contribution >= 0.6 is 0 Å². The van der Waals surface area contributed by atoms with Gasteiger partial charge in [0.25, 0.3) is 0 Å². The number of carbonyl (C=O) groups excluding carboxylic acids is 2. The summed E-state index contributed by atoms with van der Waals surface area (Å²) in [5, 5.41) is 3.18. The maximum atomic E-state index is 13.0. The van der Waals surface area contributed by atoms with E-state index in [1.54, 1.807) is 20.1 Å². The fraction of sp³-hybridized carbons (Fsp3) is 0.565. The highest BCUT2D eigenvalue weighted by molar-refractivity contribution is 5.88. The van der Waals surface area contributed by atoms with Gasteiger partial charge in [-0.05, 0) is 37.8 Å². The second-order valence-electron chi connectivity index (χ2n) is 8.43. The summed E-state index contributed by atoms with van der Waals surface area (Å²) in [4.78, 5) is 37.5. The maximum Gasteiger partial charge on any atom is 0.357 e. The lowest BCUT2D eigenvalue weighted by Gasteiger charge is -2.38. The number of nitrogens with zero attached hydrogens (tertiary/aromatic N) is 4. The number of rotatable bonds is 5. The molecule has 1 fully saturated rings. The quantitative estimate of drug-likeness (QED) is 0.702. The Hall–Kier alpha value is -3.10. The number of aromatic nitrogens is 2. The number of anilines is 1. The third kappa shape index (κ3) is 4.56. The highest BCUT2D eigenvalue weighted by atomic mass is 16.5. The molecule has 0 aromatic carbocycles.